The highest BCUT2D eigenvalue weighted by molar-refractivity contribution is 5.81. The molecule has 7 aliphatic rings. The Labute approximate surface area is 358 Å². The van der Waals surface area contributed by atoms with E-state index >= 15 is 0 Å². The number of carbonyl (C=O) groups is 1. The summed E-state index contributed by atoms with van der Waals surface area (Å²) in [5.74, 6) is -1.23. The topological polar surface area (TPSA) is 337 Å². The molecule has 356 valence electrons. The molecule has 0 amide bonds. The molecule has 3 saturated carbocycles. The Morgan fingerprint density at radius 2 is 1.31 bits per heavy atom. The van der Waals surface area contributed by atoms with Crippen LogP contribution < -0.4 is 0 Å². The van der Waals surface area contributed by atoms with Gasteiger partial charge in [-0.1, -0.05) is 25.3 Å². The molecule has 0 aromatic rings. The predicted octanol–water partition coefficient (Wildman–Crippen LogP) is -4.53. The number of ether oxygens (including phenoxy) is 8. The number of hydrogen-bond acceptors (Lipinski definition) is 20. The largest absolute Gasteiger partial charge is 0.460 e. The van der Waals surface area contributed by atoms with Gasteiger partial charge < -0.3 is 99.2 Å². The fraction of sp³-hybridized carbons (Fsp3) is 0.927. The molecule has 0 radical (unpaired) electrons. The van der Waals surface area contributed by atoms with E-state index in [9.17, 15) is 66.1 Å². The summed E-state index contributed by atoms with van der Waals surface area (Å²) < 4.78 is 46.0. The quantitative estimate of drug-likeness (QED) is 0.0499. The summed E-state index contributed by atoms with van der Waals surface area (Å²) in [5.41, 5.74) is 0. The molecule has 0 bridgehead atoms. The van der Waals surface area contributed by atoms with Crippen LogP contribution in [-0.4, -0.2) is 221 Å². The van der Waals surface area contributed by atoms with Crippen molar-refractivity contribution in [1.82, 2.24) is 0 Å². The molecule has 0 spiro atoms. The molecule has 13 N–H and O–H groups in total. The number of rotatable bonds is 12. The van der Waals surface area contributed by atoms with Crippen LogP contribution in [0.2, 0.25) is 0 Å². The van der Waals surface area contributed by atoms with Gasteiger partial charge in [-0.3, -0.25) is 0 Å². The van der Waals surface area contributed by atoms with Crippen LogP contribution in [0.15, 0.2) is 12.2 Å². The second-order valence-electron chi connectivity index (χ2n) is 18.3. The Morgan fingerprint density at radius 1 is 0.613 bits per heavy atom. The SMILES string of the molecule is O=C(C=CC1CCCCC1)OC[C@H]1O[C@@H](OC[C@H]2O[C@@H](OC3CC4C(O)CC(O)CC4[OH+]C3C3CCC(O)C(O)C3)[C@H](O[C@@H]3OC[C@@H](O)[C@H](O)[C@H]3O)[C@@H](O)[C@H]2O)[C@H](O)[C@@H](O)[C@@H]1O. The summed E-state index contributed by atoms with van der Waals surface area (Å²) in [7, 11) is 0. The lowest BCUT2D eigenvalue weighted by Crippen LogP contribution is -2.65. The maximum atomic E-state index is 12.5. The zero-order valence-corrected chi connectivity index (χ0v) is 34.5. The van der Waals surface area contributed by atoms with Gasteiger partial charge in [-0.2, -0.15) is 0 Å². The first kappa shape index (κ1) is 48.4. The van der Waals surface area contributed by atoms with Crippen molar-refractivity contribution >= 4 is 5.97 Å². The average Bonchev–Trinajstić information content (AvgIpc) is 3.25. The second-order valence-corrected chi connectivity index (χ2v) is 18.3. The minimum Gasteiger partial charge on any atom is -0.460 e. The minimum absolute atomic E-state index is 0.102. The molecule has 0 aromatic heterocycles. The van der Waals surface area contributed by atoms with Crippen molar-refractivity contribution in [2.24, 2.45) is 17.8 Å². The van der Waals surface area contributed by atoms with E-state index in [2.05, 4.69) is 0 Å². The monoisotopic (exact) mass is 895 g/mol. The van der Waals surface area contributed by atoms with Crippen LogP contribution in [0.1, 0.15) is 70.6 Å². The van der Waals surface area contributed by atoms with E-state index in [1.165, 1.54) is 6.08 Å². The van der Waals surface area contributed by atoms with Gasteiger partial charge in [-0.25, -0.2) is 4.79 Å². The zero-order chi connectivity index (χ0) is 44.4. The van der Waals surface area contributed by atoms with Gasteiger partial charge in [0.15, 0.2) is 31.1 Å². The molecule has 21 heteroatoms. The normalized spacial score (nSPS) is 49.6. The van der Waals surface area contributed by atoms with Gasteiger partial charge in [0, 0.05) is 24.8 Å². The van der Waals surface area contributed by atoms with Crippen molar-refractivity contribution in [3.05, 3.63) is 12.2 Å². The predicted molar refractivity (Wildman–Crippen MR) is 206 cm³/mol. The first-order valence-electron chi connectivity index (χ1n) is 22.2. The van der Waals surface area contributed by atoms with E-state index in [1.54, 1.807) is 6.08 Å². The van der Waals surface area contributed by atoms with Gasteiger partial charge in [-0.05, 0) is 44.4 Å². The number of esters is 1. The molecule has 4 heterocycles. The highest BCUT2D eigenvalue weighted by atomic mass is 16.8. The zero-order valence-electron chi connectivity index (χ0n) is 34.5. The van der Waals surface area contributed by atoms with Gasteiger partial charge in [-0.15, -0.1) is 0 Å². The molecule has 62 heavy (non-hydrogen) atoms. The third-order valence-electron chi connectivity index (χ3n) is 13.9. The van der Waals surface area contributed by atoms with Crippen molar-refractivity contribution < 1.29 is 104 Å². The molecule has 7 rings (SSSR count). The lowest BCUT2D eigenvalue weighted by Gasteiger charge is -2.49. The van der Waals surface area contributed by atoms with Crippen molar-refractivity contribution in [3.8, 4) is 0 Å². The number of allylic oxidation sites excluding steroid dienone is 1. The molecule has 0 aromatic carbocycles. The molecular formula is C41H67O21+. The fourth-order valence-corrected chi connectivity index (χ4v) is 10.2. The Balaban J connectivity index is 1.07. The summed E-state index contributed by atoms with van der Waals surface area (Å²) in [6.07, 6.45) is -19.4. The van der Waals surface area contributed by atoms with Crippen LogP contribution in [0.25, 0.3) is 0 Å². The Morgan fingerprint density at radius 3 is 2.05 bits per heavy atom. The third kappa shape index (κ3) is 11.2. The Kier molecular flexibility index (Phi) is 16.7. The van der Waals surface area contributed by atoms with Gasteiger partial charge in [0.25, 0.3) is 0 Å². The average molecular weight is 896 g/mol. The molecular weight excluding hydrogens is 828 g/mol. The van der Waals surface area contributed by atoms with Crippen LogP contribution in [0.3, 0.4) is 0 Å². The maximum absolute atomic E-state index is 12.5. The fourth-order valence-electron chi connectivity index (χ4n) is 10.2. The van der Waals surface area contributed by atoms with Gasteiger partial charge in [0.1, 0.15) is 79.9 Å². The van der Waals surface area contributed by atoms with E-state index in [4.69, 9.17) is 37.9 Å². The minimum atomic E-state index is -1.88. The molecule has 21 nitrogen and oxygen atoms in total. The summed E-state index contributed by atoms with van der Waals surface area (Å²) in [5, 5.41) is 129. The molecule has 3 aliphatic carbocycles. The number of fused-ring (bicyclic) bond motifs is 1. The lowest BCUT2D eigenvalue weighted by molar-refractivity contribution is -0.385. The first-order chi connectivity index (χ1) is 29.6. The lowest BCUT2D eigenvalue weighted by atomic mass is 9.72. The number of carbonyl (C=O) groups excluding carboxylic acids is 1. The van der Waals surface area contributed by atoms with Crippen LogP contribution in [-0.2, 0) is 38.0 Å². The van der Waals surface area contributed by atoms with E-state index in [0.717, 1.165) is 32.1 Å². The maximum Gasteiger partial charge on any atom is 0.330 e. The van der Waals surface area contributed by atoms with Gasteiger partial charge >= 0.3 is 5.97 Å². The number of aliphatic hydroxyl groups is 14. The third-order valence-corrected chi connectivity index (χ3v) is 13.9. The summed E-state index contributed by atoms with van der Waals surface area (Å²) in [6.45, 7) is -1.59. The van der Waals surface area contributed by atoms with Crippen LogP contribution >= 0.6 is 0 Å². The van der Waals surface area contributed by atoms with Gasteiger partial charge in [0.2, 0.25) is 0 Å². The summed E-state index contributed by atoms with van der Waals surface area (Å²) in [6, 6.07) is 0. The number of hydrogen-bond donors (Lipinski definition) is 12. The van der Waals surface area contributed by atoms with Crippen molar-refractivity contribution in [3.63, 3.8) is 0 Å². The van der Waals surface area contributed by atoms with Crippen molar-refractivity contribution in [1.29, 1.82) is 0 Å². The van der Waals surface area contributed by atoms with E-state index in [-0.39, 0.29) is 43.9 Å². The molecule has 23 atom stereocenters. The molecule has 7 fully saturated rings. The van der Waals surface area contributed by atoms with Crippen molar-refractivity contribution in [2.45, 2.75) is 199 Å². The molecule has 9 unspecified atom stereocenters. The van der Waals surface area contributed by atoms with E-state index in [1.807, 2.05) is 0 Å². The van der Waals surface area contributed by atoms with E-state index in [0.29, 0.717) is 6.42 Å². The van der Waals surface area contributed by atoms with Crippen molar-refractivity contribution in [2.75, 3.05) is 19.8 Å². The molecule has 4 saturated heterocycles. The Bertz CT molecular complexity index is 1450. The highest BCUT2D eigenvalue weighted by Crippen LogP contribution is 2.43. The molecule has 4 aliphatic heterocycles. The Hall–Kier alpha value is -1.55. The summed E-state index contributed by atoms with van der Waals surface area (Å²) in [4.78, 5) is 12.5. The number of aliphatic hydroxyl groups excluding tert-OH is 12. The standard InChI is InChI=1S/C41H66O21/c42-19-11-22(44)20-13-26(37(58-25(20)12-19)18-7-8-21(43)23(45)10-18)59-41-38(62-40-35(53)30(48)24(46)14-56-40)34(52)32(50)28(61-41)16-57-39-36(54)33(51)31(49)27(60-39)15-55-29(47)9-6-17-4-2-1-3-5-17/h6,9,17-28,30-46,48-54H,1-5,7-8,10-16H2/p+1/t18?,19?,20?,21?,22?,23?,24-,25?,26?,27-,28-,30+,31-,32+,33+,34+,35-,36-,37?,38-,39-,40+,41-/m1/s1. The second kappa shape index (κ2) is 21.4. The van der Waals surface area contributed by atoms with Crippen LogP contribution in [0.5, 0.6) is 0 Å². The first-order valence-corrected chi connectivity index (χ1v) is 22.2. The highest BCUT2D eigenvalue weighted by Gasteiger charge is 2.56. The summed E-state index contributed by atoms with van der Waals surface area (Å²) >= 11 is 0. The smallest absolute Gasteiger partial charge is 0.330 e. The van der Waals surface area contributed by atoms with Gasteiger partial charge in [0.05, 0.1) is 43.5 Å². The van der Waals surface area contributed by atoms with Crippen LogP contribution in [0, 0.1) is 17.8 Å². The van der Waals surface area contributed by atoms with Crippen LogP contribution in [0.4, 0.5) is 0 Å². The van der Waals surface area contributed by atoms with E-state index < -0.39 is 160 Å².